The Morgan fingerprint density at radius 1 is 1.19 bits per heavy atom. The number of aromatic nitrogens is 1. The van der Waals surface area contributed by atoms with E-state index >= 15 is 0 Å². The highest BCUT2D eigenvalue weighted by Crippen LogP contribution is 2.24. The quantitative estimate of drug-likeness (QED) is 0.558. The van der Waals surface area contributed by atoms with Crippen LogP contribution in [0.1, 0.15) is 17.9 Å². The van der Waals surface area contributed by atoms with Crippen LogP contribution in [0.3, 0.4) is 0 Å². The molecule has 11 heteroatoms. The van der Waals surface area contributed by atoms with E-state index in [1.807, 2.05) is 0 Å². The minimum atomic E-state index is -0.849. The summed E-state index contributed by atoms with van der Waals surface area (Å²) in [6.45, 7) is 1.40. The van der Waals surface area contributed by atoms with Gasteiger partial charge in [0, 0.05) is 24.9 Å². The van der Waals surface area contributed by atoms with Crippen LogP contribution in [0.2, 0.25) is 10.0 Å². The van der Waals surface area contributed by atoms with Gasteiger partial charge in [0.05, 0.1) is 21.1 Å². The maximum absolute atomic E-state index is 12.4. The number of fused-ring (bicyclic) bond motifs is 1. The molecule has 3 aromatic rings. The number of anilines is 1. The fourth-order valence-electron chi connectivity index (χ4n) is 2.93. The molecule has 0 unspecified atom stereocenters. The Morgan fingerprint density at radius 2 is 2.03 bits per heavy atom. The summed E-state index contributed by atoms with van der Waals surface area (Å²) in [4.78, 5) is 41.6. The molecule has 4 rings (SSSR count). The fraction of sp³-hybridized carbons (Fsp3) is 0.200. The highest BCUT2D eigenvalue weighted by Gasteiger charge is 2.15. The minimum Gasteiger partial charge on any atom is -0.460 e. The standard InChI is InChI=1S/C20H16Cl2N4O4S/c21-14-5-2-11(8-15(14)22)25-18(28)17(27)24-10-13-4-3-12(30-13)9-16-19(29)26-7-1-6-23-20(26)31-16/h2-5,8-9H,1,6-7,10H2,(H,24,27)(H,25,28)/b16-9+. The fourth-order valence-corrected chi connectivity index (χ4v) is 4.24. The number of amides is 2. The lowest BCUT2D eigenvalue weighted by atomic mass is 10.3. The Balaban J connectivity index is 1.39. The second-order valence-electron chi connectivity index (χ2n) is 6.66. The average Bonchev–Trinajstić information content (AvgIpc) is 3.33. The molecule has 1 aromatic carbocycles. The zero-order valence-electron chi connectivity index (χ0n) is 16.0. The number of rotatable bonds is 4. The predicted molar refractivity (Wildman–Crippen MR) is 118 cm³/mol. The van der Waals surface area contributed by atoms with Gasteiger partial charge in [-0.2, -0.15) is 0 Å². The van der Waals surface area contributed by atoms with Crippen LogP contribution < -0.4 is 25.5 Å². The van der Waals surface area contributed by atoms with Gasteiger partial charge in [-0.3, -0.25) is 23.9 Å². The second kappa shape index (κ2) is 9.09. The van der Waals surface area contributed by atoms with E-state index in [2.05, 4.69) is 15.6 Å². The zero-order valence-corrected chi connectivity index (χ0v) is 18.3. The number of furan rings is 1. The first-order valence-electron chi connectivity index (χ1n) is 9.29. The first kappa shape index (κ1) is 21.4. The molecule has 0 bridgehead atoms. The smallest absolute Gasteiger partial charge is 0.313 e. The number of nitrogens with zero attached hydrogens (tertiary/aromatic N) is 2. The summed E-state index contributed by atoms with van der Waals surface area (Å²) in [6, 6.07) is 7.85. The van der Waals surface area contributed by atoms with E-state index in [9.17, 15) is 14.4 Å². The van der Waals surface area contributed by atoms with Crippen LogP contribution in [-0.4, -0.2) is 22.9 Å². The summed E-state index contributed by atoms with van der Waals surface area (Å²) in [7, 11) is 0. The number of thiazole rings is 1. The molecule has 0 spiro atoms. The van der Waals surface area contributed by atoms with Crippen molar-refractivity contribution in [2.24, 2.45) is 4.99 Å². The van der Waals surface area contributed by atoms with E-state index in [-0.39, 0.29) is 17.1 Å². The largest absolute Gasteiger partial charge is 0.460 e. The average molecular weight is 479 g/mol. The SMILES string of the molecule is O=C(NCc1ccc(/C=c2/sc3n(c2=O)CCCN=3)o1)C(=O)Nc1ccc(Cl)c(Cl)c1. The first-order chi connectivity index (χ1) is 14.9. The van der Waals surface area contributed by atoms with Crippen LogP contribution in [0.4, 0.5) is 5.69 Å². The van der Waals surface area contributed by atoms with Crippen LogP contribution in [0.25, 0.3) is 6.08 Å². The van der Waals surface area contributed by atoms with Gasteiger partial charge in [0.15, 0.2) is 4.80 Å². The Hall–Kier alpha value is -2.88. The molecule has 2 aromatic heterocycles. The Bertz CT molecular complexity index is 1340. The van der Waals surface area contributed by atoms with Gasteiger partial charge in [-0.05, 0) is 36.8 Å². The normalized spacial score (nSPS) is 13.4. The number of carbonyl (C=O) groups is 2. The molecule has 3 heterocycles. The molecule has 1 aliphatic heterocycles. The molecule has 2 amide bonds. The van der Waals surface area contributed by atoms with Crippen LogP contribution in [-0.2, 0) is 22.7 Å². The van der Waals surface area contributed by atoms with E-state index in [4.69, 9.17) is 27.6 Å². The number of benzene rings is 1. The van der Waals surface area contributed by atoms with Crippen molar-refractivity contribution in [2.45, 2.75) is 19.5 Å². The molecule has 31 heavy (non-hydrogen) atoms. The van der Waals surface area contributed by atoms with Crippen LogP contribution in [0.15, 0.2) is 44.5 Å². The monoisotopic (exact) mass is 478 g/mol. The van der Waals surface area contributed by atoms with Crippen molar-refractivity contribution in [3.8, 4) is 0 Å². The van der Waals surface area contributed by atoms with Gasteiger partial charge in [-0.15, -0.1) is 0 Å². The molecule has 8 nitrogen and oxygen atoms in total. The van der Waals surface area contributed by atoms with Crippen molar-refractivity contribution in [2.75, 3.05) is 11.9 Å². The van der Waals surface area contributed by atoms with E-state index in [1.54, 1.807) is 22.8 Å². The lowest BCUT2D eigenvalue weighted by molar-refractivity contribution is -0.136. The van der Waals surface area contributed by atoms with Crippen LogP contribution in [0, 0.1) is 0 Å². The summed E-state index contributed by atoms with van der Waals surface area (Å²) in [5, 5.41) is 5.52. The third kappa shape index (κ3) is 4.90. The molecule has 0 saturated heterocycles. The molecule has 2 N–H and O–H groups in total. The number of halogens is 2. The van der Waals surface area contributed by atoms with Gasteiger partial charge in [0.25, 0.3) is 5.56 Å². The van der Waals surface area contributed by atoms with Gasteiger partial charge in [-0.1, -0.05) is 34.5 Å². The van der Waals surface area contributed by atoms with E-state index in [1.165, 1.54) is 29.5 Å². The maximum atomic E-state index is 12.4. The van der Waals surface area contributed by atoms with Gasteiger partial charge >= 0.3 is 11.8 Å². The van der Waals surface area contributed by atoms with Crippen molar-refractivity contribution in [3.05, 3.63) is 71.6 Å². The lowest BCUT2D eigenvalue weighted by Gasteiger charge is -2.06. The summed E-state index contributed by atoms with van der Waals surface area (Å²) < 4.78 is 7.84. The molecule has 0 fully saturated rings. The van der Waals surface area contributed by atoms with Crippen molar-refractivity contribution in [1.29, 1.82) is 0 Å². The summed E-state index contributed by atoms with van der Waals surface area (Å²) in [5.41, 5.74) is 0.259. The van der Waals surface area contributed by atoms with Gasteiger partial charge in [0.1, 0.15) is 11.5 Å². The van der Waals surface area contributed by atoms with Crippen LogP contribution in [0.5, 0.6) is 0 Å². The van der Waals surface area contributed by atoms with Crippen LogP contribution >= 0.6 is 34.5 Å². The maximum Gasteiger partial charge on any atom is 0.313 e. The number of nitrogens with one attached hydrogen (secondary N) is 2. The van der Waals surface area contributed by atoms with Crippen molar-refractivity contribution in [1.82, 2.24) is 9.88 Å². The summed E-state index contributed by atoms with van der Waals surface area (Å²) >= 11 is 13.0. The second-order valence-corrected chi connectivity index (χ2v) is 8.48. The third-order valence-corrected chi connectivity index (χ3v) is 6.22. The lowest BCUT2D eigenvalue weighted by Crippen LogP contribution is -2.34. The molecule has 1 aliphatic rings. The highest BCUT2D eigenvalue weighted by molar-refractivity contribution is 7.07. The zero-order chi connectivity index (χ0) is 22.0. The topological polar surface area (TPSA) is 106 Å². The van der Waals surface area contributed by atoms with Crippen molar-refractivity contribution >= 4 is 58.1 Å². The Labute approximate surface area is 189 Å². The molecular weight excluding hydrogens is 463 g/mol. The Morgan fingerprint density at radius 3 is 2.81 bits per heavy atom. The molecule has 160 valence electrons. The number of carbonyl (C=O) groups excluding carboxylic acids is 2. The predicted octanol–water partition coefficient (Wildman–Crippen LogP) is 1.92. The molecule has 0 saturated carbocycles. The first-order valence-corrected chi connectivity index (χ1v) is 10.9. The number of hydrogen-bond donors (Lipinski definition) is 2. The molecule has 0 atom stereocenters. The molecular formula is C20H16Cl2N4O4S. The highest BCUT2D eigenvalue weighted by atomic mass is 35.5. The van der Waals surface area contributed by atoms with E-state index in [0.717, 1.165) is 17.8 Å². The van der Waals surface area contributed by atoms with Gasteiger partial charge < -0.3 is 15.1 Å². The minimum absolute atomic E-state index is 0.0106. The van der Waals surface area contributed by atoms with Crippen molar-refractivity contribution < 1.29 is 14.0 Å². The van der Waals surface area contributed by atoms with Gasteiger partial charge in [0.2, 0.25) is 0 Å². The third-order valence-electron chi connectivity index (χ3n) is 4.44. The summed E-state index contributed by atoms with van der Waals surface area (Å²) in [5.74, 6) is -0.773. The number of hydrogen-bond acceptors (Lipinski definition) is 6. The van der Waals surface area contributed by atoms with Gasteiger partial charge in [-0.25, -0.2) is 0 Å². The molecule has 0 aliphatic carbocycles. The summed E-state index contributed by atoms with van der Waals surface area (Å²) in [6.07, 6.45) is 2.50. The van der Waals surface area contributed by atoms with E-state index < -0.39 is 11.8 Å². The molecule has 0 radical (unpaired) electrons. The Kier molecular flexibility index (Phi) is 6.26. The van der Waals surface area contributed by atoms with Crippen molar-refractivity contribution in [3.63, 3.8) is 0 Å². The van der Waals surface area contributed by atoms with E-state index in [0.29, 0.717) is 33.3 Å².